The summed E-state index contributed by atoms with van der Waals surface area (Å²) in [6.45, 7) is 4.12. The highest BCUT2D eigenvalue weighted by atomic mass is 16.5. The topological polar surface area (TPSA) is 48.1 Å². The molecule has 0 unspecified atom stereocenters. The van der Waals surface area contributed by atoms with Crippen LogP contribution in [0.2, 0.25) is 0 Å². The van der Waals surface area contributed by atoms with Gasteiger partial charge in [-0.25, -0.2) is 0 Å². The summed E-state index contributed by atoms with van der Waals surface area (Å²) in [5.41, 5.74) is 9.98. The lowest BCUT2D eigenvalue weighted by Crippen LogP contribution is -1.95. The molecule has 3 rings (SSSR count). The fourth-order valence-electron chi connectivity index (χ4n) is 2.28. The Labute approximate surface area is 124 Å². The third-order valence-electron chi connectivity index (χ3n) is 3.48. The number of anilines is 1. The summed E-state index contributed by atoms with van der Waals surface area (Å²) < 4.78 is 5.87. The van der Waals surface area contributed by atoms with Crippen LogP contribution in [0.3, 0.4) is 0 Å². The van der Waals surface area contributed by atoms with Gasteiger partial charge >= 0.3 is 0 Å². The number of aromatic nitrogens is 1. The van der Waals surface area contributed by atoms with Gasteiger partial charge < -0.3 is 10.5 Å². The van der Waals surface area contributed by atoms with Crippen molar-refractivity contribution in [1.82, 2.24) is 4.98 Å². The van der Waals surface area contributed by atoms with Gasteiger partial charge in [0.1, 0.15) is 11.5 Å². The highest BCUT2D eigenvalue weighted by Crippen LogP contribution is 2.28. The minimum Gasteiger partial charge on any atom is -0.457 e. The molecule has 1 heterocycles. The summed E-state index contributed by atoms with van der Waals surface area (Å²) >= 11 is 0. The molecule has 3 heteroatoms. The van der Waals surface area contributed by atoms with E-state index in [1.54, 1.807) is 0 Å². The number of rotatable bonds is 3. The molecule has 21 heavy (non-hydrogen) atoms. The van der Waals surface area contributed by atoms with Crippen molar-refractivity contribution in [3.63, 3.8) is 0 Å². The van der Waals surface area contributed by atoms with E-state index in [-0.39, 0.29) is 0 Å². The van der Waals surface area contributed by atoms with Crippen molar-refractivity contribution in [2.45, 2.75) is 20.3 Å². The van der Waals surface area contributed by atoms with Crippen LogP contribution in [0.1, 0.15) is 18.2 Å². The fraction of sp³-hybridized carbons (Fsp3) is 0.167. The van der Waals surface area contributed by atoms with E-state index < -0.39 is 0 Å². The molecule has 0 saturated heterocycles. The Kier molecular flexibility index (Phi) is 3.48. The lowest BCUT2D eigenvalue weighted by atomic mass is 10.1. The van der Waals surface area contributed by atoms with Crippen LogP contribution in [0.5, 0.6) is 11.5 Å². The molecule has 2 aromatic carbocycles. The van der Waals surface area contributed by atoms with E-state index in [9.17, 15) is 0 Å². The number of hydrogen-bond donors (Lipinski definition) is 1. The summed E-state index contributed by atoms with van der Waals surface area (Å²) in [6.07, 6.45) is 0.877. The van der Waals surface area contributed by atoms with Crippen molar-refractivity contribution in [2.75, 3.05) is 5.73 Å². The zero-order valence-electron chi connectivity index (χ0n) is 12.3. The molecule has 0 fully saturated rings. The van der Waals surface area contributed by atoms with E-state index in [0.717, 1.165) is 40.2 Å². The molecule has 0 saturated carbocycles. The molecule has 0 bridgehead atoms. The average Bonchev–Trinajstić information content (AvgIpc) is 2.50. The highest BCUT2D eigenvalue weighted by Gasteiger charge is 2.05. The molecule has 0 aliphatic heterocycles. The van der Waals surface area contributed by atoms with Crippen LogP contribution >= 0.6 is 0 Å². The summed E-state index contributed by atoms with van der Waals surface area (Å²) in [5.74, 6) is 1.58. The lowest BCUT2D eigenvalue weighted by Gasteiger charge is -2.09. The van der Waals surface area contributed by atoms with Gasteiger partial charge in [-0.1, -0.05) is 24.6 Å². The maximum absolute atomic E-state index is 6.12. The van der Waals surface area contributed by atoms with Crippen LogP contribution in [-0.2, 0) is 6.42 Å². The number of pyridine rings is 1. The Hall–Kier alpha value is -2.55. The average molecular weight is 278 g/mol. The largest absolute Gasteiger partial charge is 0.457 e. The molecular formula is C18H18N2O. The van der Waals surface area contributed by atoms with Crippen LogP contribution in [0.4, 0.5) is 5.69 Å². The molecule has 1 aromatic heterocycles. The zero-order valence-corrected chi connectivity index (χ0v) is 12.3. The predicted octanol–water partition coefficient (Wildman–Crippen LogP) is 4.48. The van der Waals surface area contributed by atoms with Gasteiger partial charge in [-0.2, -0.15) is 0 Å². The van der Waals surface area contributed by atoms with Crippen LogP contribution < -0.4 is 10.5 Å². The Morgan fingerprint density at radius 3 is 2.43 bits per heavy atom. The van der Waals surface area contributed by atoms with Gasteiger partial charge in [0.2, 0.25) is 0 Å². The van der Waals surface area contributed by atoms with E-state index in [0.29, 0.717) is 0 Å². The minimum absolute atomic E-state index is 0.742. The van der Waals surface area contributed by atoms with Gasteiger partial charge in [0, 0.05) is 16.8 Å². The van der Waals surface area contributed by atoms with Crippen molar-refractivity contribution >= 4 is 16.6 Å². The van der Waals surface area contributed by atoms with Gasteiger partial charge in [-0.3, -0.25) is 4.98 Å². The highest BCUT2D eigenvalue weighted by molar-refractivity contribution is 5.91. The van der Waals surface area contributed by atoms with Crippen LogP contribution in [0.25, 0.3) is 10.9 Å². The zero-order chi connectivity index (χ0) is 14.8. The molecule has 0 atom stereocenters. The molecule has 0 aliphatic rings. The van der Waals surface area contributed by atoms with Gasteiger partial charge in [0.25, 0.3) is 0 Å². The molecule has 0 amide bonds. The van der Waals surface area contributed by atoms with Crippen LogP contribution in [0.15, 0.2) is 48.5 Å². The smallest absolute Gasteiger partial charge is 0.128 e. The number of ether oxygens (including phenoxy) is 1. The Morgan fingerprint density at radius 1 is 1.00 bits per heavy atom. The second-order valence-corrected chi connectivity index (χ2v) is 5.15. The second kappa shape index (κ2) is 5.44. The third-order valence-corrected chi connectivity index (χ3v) is 3.48. The van der Waals surface area contributed by atoms with Crippen molar-refractivity contribution in [3.8, 4) is 11.5 Å². The van der Waals surface area contributed by atoms with Crippen LogP contribution in [-0.4, -0.2) is 4.98 Å². The molecule has 2 N–H and O–H groups in total. The first kappa shape index (κ1) is 13.4. The van der Waals surface area contributed by atoms with E-state index in [4.69, 9.17) is 10.5 Å². The van der Waals surface area contributed by atoms with Crippen molar-refractivity contribution in [2.24, 2.45) is 0 Å². The Bertz CT molecular complexity index is 779. The first-order valence-electron chi connectivity index (χ1n) is 7.09. The SMILES string of the molecule is CCc1cc(N)c2cc(Oc3ccc(C)cc3)ccc2n1. The number of nitrogens with two attached hydrogens (primary N) is 1. The van der Waals surface area contributed by atoms with Gasteiger partial charge in [0.15, 0.2) is 0 Å². The molecule has 0 aliphatic carbocycles. The lowest BCUT2D eigenvalue weighted by molar-refractivity contribution is 0.483. The van der Waals surface area contributed by atoms with E-state index in [1.807, 2.05) is 48.5 Å². The molecule has 106 valence electrons. The fourth-order valence-corrected chi connectivity index (χ4v) is 2.28. The summed E-state index contributed by atoms with van der Waals surface area (Å²) in [6, 6.07) is 15.7. The molecule has 0 radical (unpaired) electrons. The van der Waals surface area contributed by atoms with Gasteiger partial charge in [-0.15, -0.1) is 0 Å². The second-order valence-electron chi connectivity index (χ2n) is 5.15. The number of hydrogen-bond acceptors (Lipinski definition) is 3. The van der Waals surface area contributed by atoms with Crippen molar-refractivity contribution in [3.05, 3.63) is 59.8 Å². The molecular weight excluding hydrogens is 260 g/mol. The standard InChI is InChI=1S/C18H18N2O/c1-3-13-10-17(19)16-11-15(8-9-18(16)20-13)21-14-6-4-12(2)5-7-14/h4-11H,3H2,1-2H3,(H2,19,20). The Balaban J connectivity index is 1.97. The first-order chi connectivity index (χ1) is 10.2. The Morgan fingerprint density at radius 2 is 1.71 bits per heavy atom. The maximum Gasteiger partial charge on any atom is 0.128 e. The monoisotopic (exact) mass is 278 g/mol. The van der Waals surface area contributed by atoms with E-state index >= 15 is 0 Å². The summed E-state index contributed by atoms with van der Waals surface area (Å²) in [7, 11) is 0. The normalized spacial score (nSPS) is 10.8. The van der Waals surface area contributed by atoms with Crippen molar-refractivity contribution in [1.29, 1.82) is 0 Å². The summed E-state index contributed by atoms with van der Waals surface area (Å²) in [5, 5.41) is 0.928. The molecule has 3 aromatic rings. The number of nitrogens with zero attached hydrogens (tertiary/aromatic N) is 1. The van der Waals surface area contributed by atoms with Crippen molar-refractivity contribution < 1.29 is 4.74 Å². The van der Waals surface area contributed by atoms with Gasteiger partial charge in [-0.05, 0) is 49.7 Å². The van der Waals surface area contributed by atoms with E-state index in [2.05, 4.69) is 18.8 Å². The molecule has 3 nitrogen and oxygen atoms in total. The van der Waals surface area contributed by atoms with E-state index in [1.165, 1.54) is 5.56 Å². The summed E-state index contributed by atoms with van der Waals surface area (Å²) in [4.78, 5) is 4.58. The molecule has 0 spiro atoms. The number of fused-ring (bicyclic) bond motifs is 1. The number of nitrogen functional groups attached to an aromatic ring is 1. The van der Waals surface area contributed by atoms with Crippen LogP contribution in [0, 0.1) is 6.92 Å². The van der Waals surface area contributed by atoms with Gasteiger partial charge in [0.05, 0.1) is 5.52 Å². The first-order valence-corrected chi connectivity index (χ1v) is 7.09. The quantitative estimate of drug-likeness (QED) is 0.768. The minimum atomic E-state index is 0.742. The third kappa shape index (κ3) is 2.82. The number of benzene rings is 2. The maximum atomic E-state index is 6.12. The number of aryl methyl sites for hydroxylation is 2. The predicted molar refractivity (Wildman–Crippen MR) is 86.8 cm³/mol.